The second-order valence-corrected chi connectivity index (χ2v) is 5.06. The Morgan fingerprint density at radius 3 is 2.50 bits per heavy atom. The van der Waals surface area contributed by atoms with Crippen molar-refractivity contribution in [1.29, 1.82) is 0 Å². The highest BCUT2D eigenvalue weighted by Gasteiger charge is 2.19. The monoisotopic (exact) mass is 245 g/mol. The predicted octanol–water partition coefficient (Wildman–Crippen LogP) is 3.08. The van der Waals surface area contributed by atoms with E-state index in [1.54, 1.807) is 13.0 Å². The van der Waals surface area contributed by atoms with Gasteiger partial charge in [-0.3, -0.25) is 0 Å². The molecule has 0 unspecified atom stereocenters. The maximum atomic E-state index is 13.5. The van der Waals surface area contributed by atoms with Gasteiger partial charge in [0.1, 0.15) is 11.6 Å². The molecule has 0 saturated carbocycles. The van der Waals surface area contributed by atoms with Crippen molar-refractivity contribution in [2.45, 2.75) is 32.7 Å². The average Bonchev–Trinajstić information content (AvgIpc) is 2.12. The van der Waals surface area contributed by atoms with E-state index in [0.717, 1.165) is 5.56 Å². The Morgan fingerprint density at radius 1 is 1.50 bits per heavy atom. The van der Waals surface area contributed by atoms with Crippen molar-refractivity contribution in [1.82, 2.24) is 0 Å². The van der Waals surface area contributed by atoms with Crippen LogP contribution in [0.3, 0.4) is 0 Å². The van der Waals surface area contributed by atoms with Gasteiger partial charge in [0.05, 0.1) is 12.1 Å². The molecule has 90 valence electrons. The minimum atomic E-state index is -0.433. The number of halogens is 2. The van der Waals surface area contributed by atoms with Crippen LogP contribution in [0.25, 0.3) is 0 Å². The van der Waals surface area contributed by atoms with Crippen LogP contribution in [0.2, 0.25) is 5.02 Å². The molecule has 1 aromatic rings. The molecular weight excluding hydrogens is 229 g/mol. The third-order valence-corrected chi connectivity index (χ3v) is 2.60. The van der Waals surface area contributed by atoms with Gasteiger partial charge in [-0.25, -0.2) is 4.39 Å². The highest BCUT2D eigenvalue weighted by atomic mass is 35.5. The minimum absolute atomic E-state index is 0.109. The van der Waals surface area contributed by atoms with Crippen molar-refractivity contribution < 1.29 is 9.13 Å². The molecule has 1 rings (SSSR count). The summed E-state index contributed by atoms with van der Waals surface area (Å²) in [6.45, 7) is 5.45. The summed E-state index contributed by atoms with van der Waals surface area (Å²) in [5.41, 5.74) is 6.81. The first-order chi connectivity index (χ1) is 7.26. The van der Waals surface area contributed by atoms with E-state index in [-0.39, 0.29) is 10.6 Å². The fourth-order valence-electron chi connectivity index (χ4n) is 1.71. The van der Waals surface area contributed by atoms with Crippen LogP contribution in [0.1, 0.15) is 25.0 Å². The molecule has 2 N–H and O–H groups in total. The average molecular weight is 246 g/mol. The summed E-state index contributed by atoms with van der Waals surface area (Å²) in [4.78, 5) is 0. The number of benzene rings is 1. The van der Waals surface area contributed by atoms with Gasteiger partial charge in [-0.2, -0.15) is 0 Å². The Balaban J connectivity index is 3.28. The summed E-state index contributed by atoms with van der Waals surface area (Å²) in [6.07, 6.45) is 0.580. The van der Waals surface area contributed by atoms with E-state index in [4.69, 9.17) is 22.1 Å². The normalized spacial score (nSPS) is 11.7. The number of hydrogen-bond acceptors (Lipinski definition) is 2. The van der Waals surface area contributed by atoms with Crippen molar-refractivity contribution in [3.05, 3.63) is 28.0 Å². The molecule has 0 amide bonds. The van der Waals surface area contributed by atoms with Crippen LogP contribution < -0.4 is 10.5 Å². The van der Waals surface area contributed by atoms with Gasteiger partial charge in [-0.15, -0.1) is 0 Å². The summed E-state index contributed by atoms with van der Waals surface area (Å²) >= 11 is 5.81. The first-order valence-electron chi connectivity index (χ1n) is 5.06. The summed E-state index contributed by atoms with van der Waals surface area (Å²) in [5.74, 6) is 0.0949. The van der Waals surface area contributed by atoms with E-state index in [2.05, 4.69) is 0 Å². The molecule has 0 aromatic heterocycles. The van der Waals surface area contributed by atoms with Gasteiger partial charge in [0.15, 0.2) is 0 Å². The zero-order valence-electron chi connectivity index (χ0n) is 10.0. The molecule has 0 saturated heterocycles. The first-order valence-corrected chi connectivity index (χ1v) is 5.44. The molecule has 0 heterocycles. The number of rotatable bonds is 3. The summed E-state index contributed by atoms with van der Waals surface area (Å²) in [7, 11) is 1.52. The van der Waals surface area contributed by atoms with Crippen molar-refractivity contribution >= 4 is 11.6 Å². The maximum Gasteiger partial charge on any atom is 0.148 e. The van der Waals surface area contributed by atoms with Crippen LogP contribution in [-0.4, -0.2) is 12.6 Å². The standard InChI is InChI=1S/C12H17ClFNO/c1-7-10(14)9(13)5-8(11(7)16-4)6-12(2,3)15/h5H,6,15H2,1-4H3. The van der Waals surface area contributed by atoms with E-state index < -0.39 is 5.82 Å². The van der Waals surface area contributed by atoms with Crippen LogP contribution in [0.15, 0.2) is 6.07 Å². The Kier molecular flexibility index (Phi) is 3.81. The molecule has 0 fully saturated rings. The minimum Gasteiger partial charge on any atom is -0.496 e. The lowest BCUT2D eigenvalue weighted by molar-refractivity contribution is 0.395. The van der Waals surface area contributed by atoms with E-state index in [1.165, 1.54) is 7.11 Å². The molecule has 0 atom stereocenters. The van der Waals surface area contributed by atoms with Crippen LogP contribution in [0.5, 0.6) is 5.75 Å². The third kappa shape index (κ3) is 2.86. The lowest BCUT2D eigenvalue weighted by Gasteiger charge is -2.21. The van der Waals surface area contributed by atoms with Gasteiger partial charge < -0.3 is 10.5 Å². The maximum absolute atomic E-state index is 13.5. The largest absolute Gasteiger partial charge is 0.496 e. The molecule has 4 heteroatoms. The highest BCUT2D eigenvalue weighted by Crippen LogP contribution is 2.32. The molecule has 1 aromatic carbocycles. The zero-order valence-corrected chi connectivity index (χ0v) is 10.8. The molecule has 0 bridgehead atoms. The zero-order chi connectivity index (χ0) is 12.5. The molecule has 2 nitrogen and oxygen atoms in total. The number of nitrogens with two attached hydrogens (primary N) is 1. The molecule has 16 heavy (non-hydrogen) atoms. The van der Waals surface area contributed by atoms with E-state index >= 15 is 0 Å². The van der Waals surface area contributed by atoms with Crippen LogP contribution in [0, 0.1) is 12.7 Å². The van der Waals surface area contributed by atoms with E-state index in [9.17, 15) is 4.39 Å². The molecule has 0 aliphatic carbocycles. The molecule has 0 radical (unpaired) electrons. The Morgan fingerprint density at radius 2 is 2.06 bits per heavy atom. The van der Waals surface area contributed by atoms with Gasteiger partial charge in [0.2, 0.25) is 0 Å². The van der Waals surface area contributed by atoms with Gasteiger partial charge >= 0.3 is 0 Å². The number of methoxy groups -OCH3 is 1. The smallest absolute Gasteiger partial charge is 0.148 e. The second-order valence-electron chi connectivity index (χ2n) is 4.66. The van der Waals surface area contributed by atoms with Gasteiger partial charge in [0, 0.05) is 11.1 Å². The summed E-state index contributed by atoms with van der Waals surface area (Å²) in [5, 5.41) is 0.109. The molecule has 0 aliphatic heterocycles. The van der Waals surface area contributed by atoms with Crippen LogP contribution >= 0.6 is 11.6 Å². The van der Waals surface area contributed by atoms with Crippen molar-refractivity contribution in [3.63, 3.8) is 0 Å². The highest BCUT2D eigenvalue weighted by molar-refractivity contribution is 6.30. The quantitative estimate of drug-likeness (QED) is 0.888. The summed E-state index contributed by atoms with van der Waals surface area (Å²) < 4.78 is 18.8. The van der Waals surface area contributed by atoms with Crippen molar-refractivity contribution in [3.8, 4) is 5.75 Å². The van der Waals surface area contributed by atoms with Crippen LogP contribution in [0.4, 0.5) is 4.39 Å². The predicted molar refractivity (Wildman–Crippen MR) is 64.7 cm³/mol. The molecule has 0 spiro atoms. The van der Waals surface area contributed by atoms with Gasteiger partial charge in [-0.05, 0) is 38.8 Å². The van der Waals surface area contributed by atoms with Gasteiger partial charge in [-0.1, -0.05) is 11.6 Å². The van der Waals surface area contributed by atoms with Crippen molar-refractivity contribution in [2.24, 2.45) is 5.73 Å². The third-order valence-electron chi connectivity index (χ3n) is 2.32. The van der Waals surface area contributed by atoms with Crippen LogP contribution in [-0.2, 0) is 6.42 Å². The van der Waals surface area contributed by atoms with E-state index in [1.807, 2.05) is 13.8 Å². The fourth-order valence-corrected chi connectivity index (χ4v) is 1.98. The summed E-state index contributed by atoms with van der Waals surface area (Å²) in [6, 6.07) is 1.58. The number of ether oxygens (including phenoxy) is 1. The van der Waals surface area contributed by atoms with Crippen molar-refractivity contribution in [2.75, 3.05) is 7.11 Å². The first kappa shape index (κ1) is 13.3. The topological polar surface area (TPSA) is 35.2 Å². The molecular formula is C12H17ClFNO. The van der Waals surface area contributed by atoms with Gasteiger partial charge in [0.25, 0.3) is 0 Å². The Labute approximate surface area is 101 Å². The second kappa shape index (κ2) is 4.60. The SMILES string of the molecule is COc1c(CC(C)(C)N)cc(Cl)c(F)c1C. The lowest BCUT2D eigenvalue weighted by Crippen LogP contribution is -2.34. The van der Waals surface area contributed by atoms with E-state index in [0.29, 0.717) is 17.7 Å². The lowest BCUT2D eigenvalue weighted by atomic mass is 9.94. The number of hydrogen-bond donors (Lipinski definition) is 1. The Hall–Kier alpha value is -0.800. The fraction of sp³-hybridized carbons (Fsp3) is 0.500. The molecule has 0 aliphatic rings. The Bertz CT molecular complexity index is 399.